The van der Waals surface area contributed by atoms with Crippen LogP contribution in [-0.4, -0.2) is 27.4 Å². The number of alkyl halides is 2. The zero-order valence-corrected chi connectivity index (χ0v) is 16.6. The fourth-order valence-corrected chi connectivity index (χ4v) is 3.24. The van der Waals surface area contributed by atoms with Gasteiger partial charge in [0.25, 0.3) is 12.0 Å². The van der Waals surface area contributed by atoms with E-state index >= 15 is 0 Å². The van der Waals surface area contributed by atoms with Crippen LogP contribution in [0.3, 0.4) is 0 Å². The average molecular weight is 404 g/mol. The largest absolute Gasteiger partial charge is 0.495 e. The molecule has 7 nitrogen and oxygen atoms in total. The van der Waals surface area contributed by atoms with Crippen LogP contribution in [-0.2, 0) is 18.4 Å². The molecule has 1 N–H and O–H groups in total. The second-order valence-corrected chi connectivity index (χ2v) is 6.80. The Labute approximate surface area is 165 Å². The van der Waals surface area contributed by atoms with Crippen LogP contribution >= 0.6 is 0 Å². The van der Waals surface area contributed by atoms with Crippen molar-refractivity contribution >= 4 is 22.6 Å². The third kappa shape index (κ3) is 3.98. The first kappa shape index (κ1) is 20.5. The van der Waals surface area contributed by atoms with Gasteiger partial charge in [0.2, 0.25) is 5.91 Å². The number of anilines is 1. The SMILES string of the molecule is COc1ccc(C)cc1NC(=O)CCn1c(=O)cc(C(F)F)c2c(C)n(C)nc21. The molecule has 3 rings (SSSR count). The van der Waals surface area contributed by atoms with Gasteiger partial charge in [-0.15, -0.1) is 0 Å². The minimum Gasteiger partial charge on any atom is -0.495 e. The van der Waals surface area contributed by atoms with E-state index in [1.165, 1.54) is 16.4 Å². The summed E-state index contributed by atoms with van der Waals surface area (Å²) < 4.78 is 34.7. The van der Waals surface area contributed by atoms with E-state index in [9.17, 15) is 18.4 Å². The summed E-state index contributed by atoms with van der Waals surface area (Å²) in [6.45, 7) is 3.56. The topological polar surface area (TPSA) is 78.1 Å². The minimum atomic E-state index is -2.79. The summed E-state index contributed by atoms with van der Waals surface area (Å²) in [5.41, 5.74) is 1.18. The Balaban J connectivity index is 1.88. The number of halogens is 2. The molecule has 0 unspecified atom stereocenters. The lowest BCUT2D eigenvalue weighted by atomic mass is 10.1. The van der Waals surface area contributed by atoms with Crippen LogP contribution in [0.25, 0.3) is 11.0 Å². The van der Waals surface area contributed by atoms with Gasteiger partial charge in [0, 0.05) is 42.7 Å². The smallest absolute Gasteiger partial charge is 0.264 e. The predicted octanol–water partition coefficient (Wildman–Crippen LogP) is 3.33. The van der Waals surface area contributed by atoms with Crippen LogP contribution in [0.4, 0.5) is 14.5 Å². The quantitative estimate of drug-likeness (QED) is 0.684. The second kappa shape index (κ2) is 8.02. The Kier molecular flexibility index (Phi) is 5.67. The molecular formula is C20H22F2N4O3. The van der Waals surface area contributed by atoms with Crippen molar-refractivity contribution < 1.29 is 18.3 Å². The molecule has 2 heterocycles. The summed E-state index contributed by atoms with van der Waals surface area (Å²) in [4.78, 5) is 24.9. The van der Waals surface area contributed by atoms with E-state index in [4.69, 9.17) is 4.74 Å². The summed E-state index contributed by atoms with van der Waals surface area (Å²) in [6, 6.07) is 6.31. The highest BCUT2D eigenvalue weighted by Crippen LogP contribution is 2.29. The molecule has 0 saturated carbocycles. The fourth-order valence-electron chi connectivity index (χ4n) is 3.24. The van der Waals surface area contributed by atoms with Gasteiger partial charge in [0.15, 0.2) is 5.65 Å². The van der Waals surface area contributed by atoms with Crippen molar-refractivity contribution in [2.45, 2.75) is 33.2 Å². The zero-order valence-electron chi connectivity index (χ0n) is 16.6. The van der Waals surface area contributed by atoms with E-state index in [0.717, 1.165) is 11.6 Å². The lowest BCUT2D eigenvalue weighted by Gasteiger charge is -2.12. The fraction of sp³-hybridized carbons (Fsp3) is 0.350. The third-order valence-electron chi connectivity index (χ3n) is 4.83. The molecule has 0 saturated heterocycles. The second-order valence-electron chi connectivity index (χ2n) is 6.80. The van der Waals surface area contributed by atoms with Crippen molar-refractivity contribution in [2.75, 3.05) is 12.4 Å². The number of pyridine rings is 1. The number of nitrogens with one attached hydrogen (secondary N) is 1. The van der Waals surface area contributed by atoms with Crippen molar-refractivity contribution in [3.63, 3.8) is 0 Å². The Bertz CT molecular complexity index is 1130. The Morgan fingerprint density at radius 2 is 2.00 bits per heavy atom. The Morgan fingerprint density at radius 1 is 1.28 bits per heavy atom. The van der Waals surface area contributed by atoms with E-state index in [0.29, 0.717) is 17.1 Å². The highest BCUT2D eigenvalue weighted by Gasteiger charge is 2.21. The van der Waals surface area contributed by atoms with Crippen LogP contribution in [0.15, 0.2) is 29.1 Å². The van der Waals surface area contributed by atoms with Crippen LogP contribution in [0, 0.1) is 13.8 Å². The standard InChI is InChI=1S/C20H22F2N4O3/c1-11-5-6-15(29-4)14(9-11)23-16(27)7-8-26-17(28)10-13(19(21)22)18-12(2)25(3)24-20(18)26/h5-6,9-10,19H,7-8H2,1-4H3,(H,23,27). The summed E-state index contributed by atoms with van der Waals surface area (Å²) in [6.07, 6.45) is -2.82. The number of carbonyl (C=O) groups is 1. The van der Waals surface area contributed by atoms with Gasteiger partial charge in [0.1, 0.15) is 5.75 Å². The van der Waals surface area contributed by atoms with Crippen LogP contribution in [0.5, 0.6) is 5.75 Å². The molecular weight excluding hydrogens is 382 g/mol. The normalized spacial score (nSPS) is 11.3. The molecule has 1 amide bonds. The number of ether oxygens (including phenoxy) is 1. The average Bonchev–Trinajstić information content (AvgIpc) is 2.95. The Hall–Kier alpha value is -3.23. The van der Waals surface area contributed by atoms with E-state index < -0.39 is 12.0 Å². The molecule has 154 valence electrons. The van der Waals surface area contributed by atoms with Gasteiger partial charge in [-0.05, 0) is 31.5 Å². The van der Waals surface area contributed by atoms with E-state index in [-0.39, 0.29) is 35.5 Å². The number of aromatic nitrogens is 3. The number of amides is 1. The first-order chi connectivity index (χ1) is 13.7. The maximum atomic E-state index is 13.4. The molecule has 0 atom stereocenters. The molecule has 2 aromatic heterocycles. The van der Waals surface area contributed by atoms with E-state index in [1.807, 2.05) is 13.0 Å². The minimum absolute atomic E-state index is 0.00920. The number of hydrogen-bond acceptors (Lipinski definition) is 4. The van der Waals surface area contributed by atoms with Gasteiger partial charge in [-0.2, -0.15) is 5.10 Å². The van der Waals surface area contributed by atoms with Crippen molar-refractivity contribution in [2.24, 2.45) is 7.05 Å². The zero-order chi connectivity index (χ0) is 21.3. The molecule has 0 spiro atoms. The van der Waals surface area contributed by atoms with Gasteiger partial charge in [-0.25, -0.2) is 8.78 Å². The summed E-state index contributed by atoms with van der Waals surface area (Å²) in [5, 5.41) is 7.21. The van der Waals surface area contributed by atoms with Gasteiger partial charge in [0.05, 0.1) is 12.8 Å². The van der Waals surface area contributed by atoms with Crippen LogP contribution in [0.1, 0.15) is 29.7 Å². The molecule has 9 heteroatoms. The van der Waals surface area contributed by atoms with Crippen molar-refractivity contribution in [1.82, 2.24) is 14.3 Å². The molecule has 0 radical (unpaired) electrons. The summed E-state index contributed by atoms with van der Waals surface area (Å²) in [7, 11) is 3.13. The number of carbonyl (C=O) groups excluding carboxylic acids is 1. The maximum Gasteiger partial charge on any atom is 0.264 e. The maximum absolute atomic E-state index is 13.4. The molecule has 0 bridgehead atoms. The first-order valence-corrected chi connectivity index (χ1v) is 9.02. The number of hydrogen-bond donors (Lipinski definition) is 1. The molecule has 0 aliphatic carbocycles. The molecule has 3 aromatic rings. The highest BCUT2D eigenvalue weighted by atomic mass is 19.3. The van der Waals surface area contributed by atoms with Crippen molar-refractivity contribution in [1.29, 1.82) is 0 Å². The van der Waals surface area contributed by atoms with Crippen molar-refractivity contribution in [3.8, 4) is 5.75 Å². The van der Waals surface area contributed by atoms with Gasteiger partial charge < -0.3 is 10.1 Å². The number of aryl methyl sites for hydroxylation is 4. The van der Waals surface area contributed by atoms with Gasteiger partial charge in [-0.1, -0.05) is 6.07 Å². The van der Waals surface area contributed by atoms with Crippen LogP contribution < -0.4 is 15.6 Å². The lowest BCUT2D eigenvalue weighted by molar-refractivity contribution is -0.116. The number of methoxy groups -OCH3 is 1. The van der Waals surface area contributed by atoms with Crippen molar-refractivity contribution in [3.05, 3.63) is 51.4 Å². The molecule has 1 aromatic carbocycles. The van der Waals surface area contributed by atoms with Crippen LogP contribution in [0.2, 0.25) is 0 Å². The number of nitrogens with zero attached hydrogens (tertiary/aromatic N) is 3. The van der Waals surface area contributed by atoms with E-state index in [2.05, 4.69) is 10.4 Å². The van der Waals surface area contributed by atoms with Gasteiger partial charge >= 0.3 is 0 Å². The third-order valence-corrected chi connectivity index (χ3v) is 4.83. The highest BCUT2D eigenvalue weighted by molar-refractivity contribution is 5.92. The number of rotatable bonds is 6. The van der Waals surface area contributed by atoms with E-state index in [1.54, 1.807) is 26.1 Å². The predicted molar refractivity (Wildman–Crippen MR) is 106 cm³/mol. The summed E-state index contributed by atoms with van der Waals surface area (Å²) >= 11 is 0. The Morgan fingerprint density at radius 3 is 2.66 bits per heavy atom. The molecule has 0 fully saturated rings. The number of benzene rings is 1. The lowest BCUT2D eigenvalue weighted by Crippen LogP contribution is -2.24. The molecule has 29 heavy (non-hydrogen) atoms. The first-order valence-electron chi connectivity index (χ1n) is 9.02. The van der Waals surface area contributed by atoms with Gasteiger partial charge in [-0.3, -0.25) is 18.8 Å². The monoisotopic (exact) mass is 404 g/mol. The summed E-state index contributed by atoms with van der Waals surface area (Å²) in [5.74, 6) is 0.185. The molecule has 0 aliphatic heterocycles. The molecule has 0 aliphatic rings. The number of fused-ring (bicyclic) bond motifs is 1.